The standard InChI is InChI=1S/C15H19NO5/c1-7-3-8(2)15(21)13(14(7)20)10(17)4-9-5-11(18)16-12(19)6-9/h7-9,13H,3-6H2,1-2H3,(H,16,18,19)/t7-,8+,13?. The van der Waals surface area contributed by atoms with Gasteiger partial charge in [-0.25, -0.2) is 0 Å². The van der Waals surface area contributed by atoms with Gasteiger partial charge in [0.25, 0.3) is 0 Å². The van der Waals surface area contributed by atoms with Gasteiger partial charge in [-0.05, 0) is 12.3 Å². The maximum absolute atomic E-state index is 12.3. The Bertz CT molecular complexity index is 488. The van der Waals surface area contributed by atoms with E-state index in [-0.39, 0.29) is 42.7 Å². The van der Waals surface area contributed by atoms with Crippen LogP contribution in [0.15, 0.2) is 0 Å². The van der Waals surface area contributed by atoms with Crippen molar-refractivity contribution < 1.29 is 24.0 Å². The zero-order valence-electron chi connectivity index (χ0n) is 12.2. The van der Waals surface area contributed by atoms with Gasteiger partial charge >= 0.3 is 0 Å². The van der Waals surface area contributed by atoms with Crippen molar-refractivity contribution >= 4 is 29.2 Å². The van der Waals surface area contributed by atoms with Gasteiger partial charge in [-0.15, -0.1) is 0 Å². The van der Waals surface area contributed by atoms with Crippen LogP contribution in [0.1, 0.15) is 39.5 Å². The molecule has 114 valence electrons. The zero-order valence-corrected chi connectivity index (χ0v) is 12.2. The predicted octanol–water partition coefficient (Wildman–Crippen LogP) is 0.429. The fourth-order valence-electron chi connectivity index (χ4n) is 3.19. The summed E-state index contributed by atoms with van der Waals surface area (Å²) in [5, 5.41) is 2.17. The fourth-order valence-corrected chi connectivity index (χ4v) is 3.19. The van der Waals surface area contributed by atoms with E-state index in [0.717, 1.165) is 0 Å². The summed E-state index contributed by atoms with van der Waals surface area (Å²) < 4.78 is 0. The third-order valence-corrected chi connectivity index (χ3v) is 4.29. The molecule has 2 aliphatic rings. The monoisotopic (exact) mass is 293 g/mol. The van der Waals surface area contributed by atoms with Crippen molar-refractivity contribution in [3.05, 3.63) is 0 Å². The second-order valence-corrected chi connectivity index (χ2v) is 6.19. The Morgan fingerprint density at radius 1 is 1.00 bits per heavy atom. The van der Waals surface area contributed by atoms with Crippen LogP contribution >= 0.6 is 0 Å². The number of carbonyl (C=O) groups is 5. The summed E-state index contributed by atoms with van der Waals surface area (Å²) in [7, 11) is 0. The van der Waals surface area contributed by atoms with Crippen LogP contribution in [0, 0.1) is 23.7 Å². The molecule has 1 saturated carbocycles. The normalized spacial score (nSPS) is 31.2. The van der Waals surface area contributed by atoms with Crippen molar-refractivity contribution in [3.63, 3.8) is 0 Å². The van der Waals surface area contributed by atoms with E-state index in [1.54, 1.807) is 13.8 Å². The summed E-state index contributed by atoms with van der Waals surface area (Å²) in [5.41, 5.74) is 0. The molecule has 2 rings (SSSR count). The van der Waals surface area contributed by atoms with Crippen molar-refractivity contribution in [2.45, 2.75) is 39.5 Å². The van der Waals surface area contributed by atoms with E-state index < -0.39 is 29.4 Å². The summed E-state index contributed by atoms with van der Waals surface area (Å²) in [6.45, 7) is 3.45. The van der Waals surface area contributed by atoms with Gasteiger partial charge in [0.2, 0.25) is 11.8 Å². The van der Waals surface area contributed by atoms with E-state index in [1.807, 2.05) is 0 Å². The van der Waals surface area contributed by atoms with Gasteiger partial charge in [0.1, 0.15) is 5.92 Å². The lowest BCUT2D eigenvalue weighted by Gasteiger charge is -2.29. The lowest BCUT2D eigenvalue weighted by molar-refractivity contribution is -0.147. The van der Waals surface area contributed by atoms with Gasteiger partial charge < -0.3 is 0 Å². The molecule has 0 aromatic carbocycles. The first-order valence-electron chi connectivity index (χ1n) is 7.22. The molecule has 6 heteroatoms. The molecule has 0 spiro atoms. The highest BCUT2D eigenvalue weighted by Gasteiger charge is 2.44. The average Bonchev–Trinajstić information content (AvgIpc) is 2.35. The van der Waals surface area contributed by atoms with E-state index >= 15 is 0 Å². The van der Waals surface area contributed by atoms with Crippen LogP contribution in [0.5, 0.6) is 0 Å². The summed E-state index contributed by atoms with van der Waals surface area (Å²) in [4.78, 5) is 59.1. The summed E-state index contributed by atoms with van der Waals surface area (Å²) >= 11 is 0. The number of Topliss-reactive ketones (excluding diaryl/α,β-unsaturated/α-hetero) is 3. The summed E-state index contributed by atoms with van der Waals surface area (Å²) in [6, 6.07) is 0. The SMILES string of the molecule is C[C@@H]1C[C@H](C)C(=O)C(C(=O)CC2CC(=O)NC(=O)C2)C1=O. The number of rotatable bonds is 3. The second kappa shape index (κ2) is 5.87. The number of ketones is 3. The zero-order chi connectivity index (χ0) is 15.7. The van der Waals surface area contributed by atoms with E-state index in [4.69, 9.17) is 0 Å². The fraction of sp³-hybridized carbons (Fsp3) is 0.667. The number of nitrogens with one attached hydrogen (secondary N) is 1. The molecule has 1 unspecified atom stereocenters. The van der Waals surface area contributed by atoms with Gasteiger partial charge in [-0.1, -0.05) is 13.8 Å². The minimum absolute atomic E-state index is 0.0687. The maximum Gasteiger partial charge on any atom is 0.226 e. The van der Waals surface area contributed by atoms with Crippen LogP contribution in [0.3, 0.4) is 0 Å². The number of imide groups is 1. The van der Waals surface area contributed by atoms with Crippen LogP contribution in [0.2, 0.25) is 0 Å². The van der Waals surface area contributed by atoms with Crippen LogP contribution in [0.25, 0.3) is 0 Å². The van der Waals surface area contributed by atoms with Crippen LogP contribution in [0.4, 0.5) is 0 Å². The van der Waals surface area contributed by atoms with E-state index in [0.29, 0.717) is 6.42 Å². The minimum atomic E-state index is -1.20. The quantitative estimate of drug-likeness (QED) is 0.601. The van der Waals surface area contributed by atoms with Crippen molar-refractivity contribution in [2.24, 2.45) is 23.7 Å². The highest BCUT2D eigenvalue weighted by Crippen LogP contribution is 2.30. The molecule has 0 bridgehead atoms. The first-order valence-corrected chi connectivity index (χ1v) is 7.22. The smallest absolute Gasteiger partial charge is 0.226 e. The Balaban J connectivity index is 2.08. The molecule has 0 radical (unpaired) electrons. The summed E-state index contributed by atoms with van der Waals surface area (Å²) in [5.74, 6) is -4.14. The molecule has 1 aliphatic carbocycles. The third-order valence-electron chi connectivity index (χ3n) is 4.29. The highest BCUT2D eigenvalue weighted by atomic mass is 16.2. The van der Waals surface area contributed by atoms with Gasteiger partial charge in [0.15, 0.2) is 17.3 Å². The molecule has 6 nitrogen and oxygen atoms in total. The molecule has 1 saturated heterocycles. The Morgan fingerprint density at radius 2 is 1.48 bits per heavy atom. The van der Waals surface area contributed by atoms with Crippen LogP contribution in [-0.4, -0.2) is 29.2 Å². The summed E-state index contributed by atoms with van der Waals surface area (Å²) in [6.07, 6.45) is 0.571. The van der Waals surface area contributed by atoms with Crippen molar-refractivity contribution in [2.75, 3.05) is 0 Å². The van der Waals surface area contributed by atoms with Crippen molar-refractivity contribution in [1.82, 2.24) is 5.32 Å². The Labute approximate surface area is 122 Å². The van der Waals surface area contributed by atoms with Gasteiger partial charge in [0, 0.05) is 31.1 Å². The number of piperidine rings is 1. The molecule has 3 atom stereocenters. The van der Waals surface area contributed by atoms with Gasteiger partial charge in [-0.2, -0.15) is 0 Å². The number of carbonyl (C=O) groups excluding carboxylic acids is 5. The third kappa shape index (κ3) is 3.25. The lowest BCUT2D eigenvalue weighted by atomic mass is 9.71. The van der Waals surface area contributed by atoms with Crippen molar-refractivity contribution in [3.8, 4) is 0 Å². The first-order chi connectivity index (χ1) is 9.79. The molecule has 0 aromatic rings. The van der Waals surface area contributed by atoms with Crippen LogP contribution < -0.4 is 5.32 Å². The Kier molecular flexibility index (Phi) is 4.34. The molecular formula is C15H19NO5. The molecular weight excluding hydrogens is 274 g/mol. The molecule has 2 fully saturated rings. The maximum atomic E-state index is 12.3. The molecule has 0 aromatic heterocycles. The largest absolute Gasteiger partial charge is 0.298 e. The predicted molar refractivity (Wildman–Crippen MR) is 71.9 cm³/mol. The molecule has 1 heterocycles. The average molecular weight is 293 g/mol. The molecule has 1 N–H and O–H groups in total. The van der Waals surface area contributed by atoms with E-state index in [9.17, 15) is 24.0 Å². The van der Waals surface area contributed by atoms with Crippen LogP contribution in [-0.2, 0) is 24.0 Å². The number of hydrogen-bond donors (Lipinski definition) is 1. The molecule has 2 amide bonds. The minimum Gasteiger partial charge on any atom is -0.298 e. The molecule has 21 heavy (non-hydrogen) atoms. The second-order valence-electron chi connectivity index (χ2n) is 6.19. The molecule has 1 aliphatic heterocycles. The van der Waals surface area contributed by atoms with Crippen molar-refractivity contribution in [1.29, 1.82) is 0 Å². The first kappa shape index (κ1) is 15.5. The number of hydrogen-bond acceptors (Lipinski definition) is 5. The number of amides is 2. The topological polar surface area (TPSA) is 97.4 Å². The lowest BCUT2D eigenvalue weighted by Crippen LogP contribution is -2.45. The van der Waals surface area contributed by atoms with Gasteiger partial charge in [0.05, 0.1) is 0 Å². The van der Waals surface area contributed by atoms with E-state index in [1.165, 1.54) is 0 Å². The van der Waals surface area contributed by atoms with Gasteiger partial charge in [-0.3, -0.25) is 29.3 Å². The Morgan fingerprint density at radius 3 is 1.95 bits per heavy atom. The van der Waals surface area contributed by atoms with E-state index in [2.05, 4.69) is 5.32 Å². The highest BCUT2D eigenvalue weighted by molar-refractivity contribution is 6.21. The Hall–Kier alpha value is -1.85.